The number of esters is 1. The Morgan fingerprint density at radius 2 is 1.62 bits per heavy atom. The van der Waals surface area contributed by atoms with E-state index in [1.807, 2.05) is 13.0 Å². The Balaban J connectivity index is 1.74. The van der Waals surface area contributed by atoms with Crippen LogP contribution in [0, 0.1) is 61.6 Å². The van der Waals surface area contributed by atoms with Crippen LogP contribution in [0.1, 0.15) is 92.9 Å². The molecule has 0 aromatic carbocycles. The Morgan fingerprint density at radius 1 is 0.976 bits per heavy atom. The monoisotopic (exact) mass is 576 g/mol. The molecule has 8 atom stereocenters. The van der Waals surface area contributed by atoms with Crippen LogP contribution in [0.3, 0.4) is 0 Å². The zero-order valence-corrected chi connectivity index (χ0v) is 27.0. The van der Waals surface area contributed by atoms with Gasteiger partial charge in [-0.2, -0.15) is 5.26 Å². The van der Waals surface area contributed by atoms with Crippen LogP contribution < -0.4 is 0 Å². The van der Waals surface area contributed by atoms with Crippen LogP contribution >= 0.6 is 0 Å². The van der Waals surface area contributed by atoms with Gasteiger partial charge in [-0.05, 0) is 92.4 Å². The molecule has 0 radical (unpaired) electrons. The maximum absolute atomic E-state index is 14.6. The molecule has 1 amide bonds. The van der Waals surface area contributed by atoms with E-state index in [1.165, 1.54) is 12.0 Å². The van der Waals surface area contributed by atoms with E-state index in [4.69, 9.17) is 4.74 Å². The fourth-order valence-corrected chi connectivity index (χ4v) is 10.6. The molecule has 5 rings (SSSR count). The average Bonchev–Trinajstić information content (AvgIpc) is 3.12. The maximum Gasteiger partial charge on any atom is 0.312 e. The van der Waals surface area contributed by atoms with Gasteiger partial charge in [0.2, 0.25) is 5.91 Å². The van der Waals surface area contributed by atoms with Gasteiger partial charge in [0.25, 0.3) is 0 Å². The molecule has 228 valence electrons. The molecule has 3 fully saturated rings. The molecule has 7 nitrogen and oxygen atoms in total. The van der Waals surface area contributed by atoms with Gasteiger partial charge in [0.1, 0.15) is 11.5 Å². The normalized spacial score (nSPS) is 44.0. The summed E-state index contributed by atoms with van der Waals surface area (Å²) in [6, 6.07) is 2.11. The number of methoxy groups -OCH3 is 1. The quantitative estimate of drug-likeness (QED) is 0.302. The molecule has 0 aromatic heterocycles. The molecule has 0 heterocycles. The SMILES string of the molecule is COC(=O)[C@]12CCC(C)(C)CC1C1C[C@@](C)(CC2)[C@]2(C)CCC3[C@](C)(C(=O)N(C)C)C(=O)C(C#N)=C[C@]3(C)C2=CC1=O. The van der Waals surface area contributed by atoms with Crippen LogP contribution in [-0.2, 0) is 23.9 Å². The minimum atomic E-state index is -1.41. The Hall–Kier alpha value is -2.75. The first-order chi connectivity index (χ1) is 19.4. The third-order valence-electron chi connectivity index (χ3n) is 13.2. The number of carbonyl (C=O) groups excluding carboxylic acids is 4. The molecule has 0 saturated heterocycles. The molecule has 3 saturated carbocycles. The van der Waals surface area contributed by atoms with Gasteiger partial charge in [-0.1, -0.05) is 46.3 Å². The number of hydrogen-bond donors (Lipinski definition) is 0. The molecule has 0 aromatic rings. The van der Waals surface area contributed by atoms with Gasteiger partial charge in [0, 0.05) is 25.4 Å². The van der Waals surface area contributed by atoms with E-state index in [2.05, 4.69) is 33.8 Å². The van der Waals surface area contributed by atoms with Crippen LogP contribution in [-0.4, -0.2) is 49.5 Å². The number of fused-ring (bicyclic) bond motifs is 8. The lowest BCUT2D eigenvalue weighted by molar-refractivity contribution is -0.165. The number of amides is 1. The third kappa shape index (κ3) is 3.82. The fraction of sp³-hybridized carbons (Fsp3) is 0.743. The highest BCUT2D eigenvalue weighted by Gasteiger charge is 2.68. The van der Waals surface area contributed by atoms with Gasteiger partial charge in [0.05, 0.1) is 18.1 Å². The zero-order chi connectivity index (χ0) is 31.3. The second kappa shape index (κ2) is 9.37. The average molecular weight is 577 g/mol. The van der Waals surface area contributed by atoms with Crippen molar-refractivity contribution in [3.63, 3.8) is 0 Å². The minimum absolute atomic E-state index is 0.00242. The van der Waals surface area contributed by atoms with Crippen LogP contribution in [0.2, 0.25) is 0 Å². The first-order valence-electron chi connectivity index (χ1n) is 15.6. The van der Waals surface area contributed by atoms with Crippen LogP contribution in [0.25, 0.3) is 0 Å². The number of hydrogen-bond acceptors (Lipinski definition) is 6. The van der Waals surface area contributed by atoms with E-state index in [9.17, 15) is 24.4 Å². The number of allylic oxidation sites excluding steroid dienone is 4. The number of ether oxygens (including phenoxy) is 1. The minimum Gasteiger partial charge on any atom is -0.469 e. The topological polar surface area (TPSA) is 105 Å². The van der Waals surface area contributed by atoms with Crippen molar-refractivity contribution in [1.82, 2.24) is 4.90 Å². The van der Waals surface area contributed by atoms with Crippen molar-refractivity contribution in [3.05, 3.63) is 23.3 Å². The number of Topliss-reactive ketones (excluding diaryl/α,β-unsaturated/α-hetero) is 1. The summed E-state index contributed by atoms with van der Waals surface area (Å²) in [7, 11) is 4.77. The third-order valence-corrected chi connectivity index (χ3v) is 13.2. The van der Waals surface area contributed by atoms with Gasteiger partial charge >= 0.3 is 5.97 Å². The van der Waals surface area contributed by atoms with E-state index < -0.39 is 27.4 Å². The number of nitrogens with zero attached hydrogens (tertiary/aromatic N) is 2. The number of rotatable bonds is 2. The van der Waals surface area contributed by atoms with E-state index in [0.717, 1.165) is 37.7 Å². The van der Waals surface area contributed by atoms with Crippen molar-refractivity contribution in [2.45, 2.75) is 92.9 Å². The lowest BCUT2D eigenvalue weighted by Crippen LogP contribution is -2.60. The molecule has 7 heteroatoms. The van der Waals surface area contributed by atoms with Crippen LogP contribution in [0.5, 0.6) is 0 Å². The molecular formula is C35H48N2O5. The Kier molecular flexibility index (Phi) is 6.85. The molecular weight excluding hydrogens is 528 g/mol. The van der Waals surface area contributed by atoms with Gasteiger partial charge in [-0.25, -0.2) is 0 Å². The number of carbonyl (C=O) groups is 4. The first-order valence-corrected chi connectivity index (χ1v) is 15.6. The van der Waals surface area contributed by atoms with Crippen molar-refractivity contribution < 1.29 is 23.9 Å². The predicted molar refractivity (Wildman–Crippen MR) is 159 cm³/mol. The Bertz CT molecular complexity index is 1370. The summed E-state index contributed by atoms with van der Waals surface area (Å²) in [6.45, 7) is 12.7. The Labute approximate surface area is 251 Å². The second-order valence-electron chi connectivity index (χ2n) is 16.1. The van der Waals surface area contributed by atoms with Crippen LogP contribution in [0.4, 0.5) is 0 Å². The first kappa shape index (κ1) is 30.7. The van der Waals surface area contributed by atoms with E-state index in [-0.39, 0.29) is 51.8 Å². The number of nitriles is 1. The van der Waals surface area contributed by atoms with Crippen LogP contribution in [0.15, 0.2) is 23.3 Å². The van der Waals surface area contributed by atoms with Crippen molar-refractivity contribution in [2.24, 2.45) is 50.2 Å². The number of ketones is 2. The van der Waals surface area contributed by atoms with Gasteiger partial charge in [-0.3, -0.25) is 19.2 Å². The molecule has 0 spiro atoms. The van der Waals surface area contributed by atoms with Crippen molar-refractivity contribution in [1.29, 1.82) is 5.26 Å². The summed E-state index contributed by atoms with van der Waals surface area (Å²) >= 11 is 0. The van der Waals surface area contributed by atoms with Crippen molar-refractivity contribution in [2.75, 3.05) is 21.2 Å². The summed E-state index contributed by atoms with van der Waals surface area (Å²) < 4.78 is 5.47. The molecule has 5 aliphatic rings. The zero-order valence-electron chi connectivity index (χ0n) is 27.0. The van der Waals surface area contributed by atoms with Gasteiger partial charge < -0.3 is 9.64 Å². The molecule has 2 bridgehead atoms. The van der Waals surface area contributed by atoms with Crippen molar-refractivity contribution in [3.8, 4) is 6.07 Å². The standard InChI is InChI=1S/C35H48N2O5/c1-30(2)12-14-35(29(41)42-9)15-13-31(3)18-22(23(35)19-30)24(38)16-26-32(4)17-21(20-36)27(39)34(6,28(40)37(7)8)25(32)10-11-33(26,31)5/h16-17,22-23,25H,10-15,18-19H2,1-9H3/t22?,23?,25?,31-,32+,33-,34+,35+/m1/s1. The molecule has 42 heavy (non-hydrogen) atoms. The summed E-state index contributed by atoms with van der Waals surface area (Å²) in [5, 5.41) is 10.1. The van der Waals surface area contributed by atoms with Gasteiger partial charge in [-0.15, -0.1) is 0 Å². The molecule has 3 unspecified atom stereocenters. The highest BCUT2D eigenvalue weighted by Crippen LogP contribution is 2.72. The summed E-state index contributed by atoms with van der Waals surface area (Å²) in [5.74, 6) is -1.71. The largest absolute Gasteiger partial charge is 0.469 e. The predicted octanol–water partition coefficient (Wildman–Crippen LogP) is 5.84. The fourth-order valence-electron chi connectivity index (χ4n) is 10.6. The van der Waals surface area contributed by atoms with E-state index in [1.54, 1.807) is 27.1 Å². The smallest absolute Gasteiger partial charge is 0.312 e. The summed E-state index contributed by atoms with van der Waals surface area (Å²) in [5.41, 5.74) is -2.69. The maximum atomic E-state index is 14.6. The van der Waals surface area contributed by atoms with Crippen molar-refractivity contribution >= 4 is 23.4 Å². The summed E-state index contributed by atoms with van der Waals surface area (Å²) in [6.07, 6.45) is 9.52. The highest BCUT2D eigenvalue weighted by atomic mass is 16.5. The van der Waals surface area contributed by atoms with Gasteiger partial charge in [0.15, 0.2) is 11.6 Å². The molecule has 0 N–H and O–H groups in total. The lowest BCUT2D eigenvalue weighted by Gasteiger charge is -2.61. The second-order valence-corrected chi connectivity index (χ2v) is 16.1. The summed E-state index contributed by atoms with van der Waals surface area (Å²) in [4.78, 5) is 57.2. The highest BCUT2D eigenvalue weighted by molar-refractivity contribution is 6.16. The lowest BCUT2D eigenvalue weighted by atomic mass is 9.41. The van der Waals surface area contributed by atoms with E-state index in [0.29, 0.717) is 19.3 Å². The molecule has 5 aliphatic carbocycles. The molecule has 0 aliphatic heterocycles. The van der Waals surface area contributed by atoms with E-state index >= 15 is 0 Å². The Morgan fingerprint density at radius 3 is 2.21 bits per heavy atom.